The molecule has 114 valence electrons. The number of rotatable bonds is 5. The molecule has 0 amide bonds. The van der Waals surface area contributed by atoms with Gasteiger partial charge < -0.3 is 9.72 Å². The maximum absolute atomic E-state index is 12.0. The van der Waals surface area contributed by atoms with Crippen LogP contribution in [0.3, 0.4) is 0 Å². The van der Waals surface area contributed by atoms with Gasteiger partial charge >= 0.3 is 6.18 Å². The number of aromatic nitrogens is 4. The number of aromatic amines is 1. The minimum Gasteiger partial charge on any atom is -0.372 e. The van der Waals surface area contributed by atoms with E-state index < -0.39 is 12.8 Å². The third-order valence-electron chi connectivity index (χ3n) is 2.56. The summed E-state index contributed by atoms with van der Waals surface area (Å²) in [6, 6.07) is 1.67. The smallest absolute Gasteiger partial charge is 0.372 e. The maximum atomic E-state index is 12.0. The van der Waals surface area contributed by atoms with Crippen molar-refractivity contribution in [2.45, 2.75) is 12.6 Å². The average Bonchev–Trinajstić information content (AvgIpc) is 2.80. The van der Waals surface area contributed by atoms with E-state index in [-0.39, 0.29) is 13.0 Å². The van der Waals surface area contributed by atoms with Gasteiger partial charge in [-0.3, -0.25) is 4.68 Å². The molecule has 1 N–H and O–H groups in total. The van der Waals surface area contributed by atoms with Crippen LogP contribution in [0, 0.1) is 4.64 Å². The molecular formula is C12H13F3N4OS. The zero-order valence-corrected chi connectivity index (χ0v) is 12.0. The second kappa shape index (κ2) is 6.35. The molecule has 0 fully saturated rings. The van der Waals surface area contributed by atoms with Gasteiger partial charge in [-0.2, -0.15) is 18.3 Å². The van der Waals surface area contributed by atoms with Gasteiger partial charge in [-0.05, 0) is 6.07 Å². The predicted octanol–water partition coefficient (Wildman–Crippen LogP) is 2.66. The van der Waals surface area contributed by atoms with Crippen LogP contribution < -0.4 is 0 Å². The summed E-state index contributed by atoms with van der Waals surface area (Å²) in [7, 11) is 1.78. The Morgan fingerprint density at radius 1 is 1.43 bits per heavy atom. The first-order valence-electron chi connectivity index (χ1n) is 6.07. The Kier molecular flexibility index (Phi) is 4.73. The largest absolute Gasteiger partial charge is 0.411 e. The van der Waals surface area contributed by atoms with Gasteiger partial charge in [0.05, 0.1) is 18.5 Å². The summed E-state index contributed by atoms with van der Waals surface area (Å²) in [6.45, 7) is -1.36. The molecule has 0 aliphatic heterocycles. The highest BCUT2D eigenvalue weighted by molar-refractivity contribution is 7.71. The Morgan fingerprint density at radius 2 is 2.19 bits per heavy atom. The Labute approximate surface area is 123 Å². The number of nitrogens with one attached hydrogen (secondary N) is 1. The van der Waals surface area contributed by atoms with E-state index in [1.165, 1.54) is 0 Å². The van der Waals surface area contributed by atoms with Crippen molar-refractivity contribution >= 4 is 12.2 Å². The first-order valence-corrected chi connectivity index (χ1v) is 6.48. The molecule has 0 aliphatic rings. The lowest BCUT2D eigenvalue weighted by Gasteiger charge is -2.08. The lowest BCUT2D eigenvalue weighted by Crippen LogP contribution is -2.18. The molecule has 0 aromatic carbocycles. The predicted molar refractivity (Wildman–Crippen MR) is 72.2 cm³/mol. The minimum absolute atomic E-state index is 0.0890. The van der Waals surface area contributed by atoms with Crippen molar-refractivity contribution in [1.29, 1.82) is 0 Å². The lowest BCUT2D eigenvalue weighted by molar-refractivity contribution is -0.173. The van der Waals surface area contributed by atoms with Crippen molar-refractivity contribution in [3.63, 3.8) is 0 Å². The minimum atomic E-state index is -4.32. The quantitative estimate of drug-likeness (QED) is 0.680. The molecule has 0 saturated heterocycles. The molecular weight excluding hydrogens is 305 g/mol. The third kappa shape index (κ3) is 4.94. The Balaban J connectivity index is 2.04. The Morgan fingerprint density at radius 3 is 2.81 bits per heavy atom. The van der Waals surface area contributed by atoms with Crippen LogP contribution in [0.1, 0.15) is 5.82 Å². The van der Waals surface area contributed by atoms with Crippen LogP contribution in [0.2, 0.25) is 0 Å². The summed E-state index contributed by atoms with van der Waals surface area (Å²) in [5, 5.41) is 4.05. The van der Waals surface area contributed by atoms with Crippen LogP contribution in [0.15, 0.2) is 18.5 Å². The van der Waals surface area contributed by atoms with Gasteiger partial charge in [0.25, 0.3) is 0 Å². The van der Waals surface area contributed by atoms with Gasteiger partial charge in [0.2, 0.25) is 0 Å². The van der Waals surface area contributed by atoms with Crippen molar-refractivity contribution in [2.75, 3.05) is 13.2 Å². The average molecular weight is 318 g/mol. The summed E-state index contributed by atoms with van der Waals surface area (Å²) < 4.78 is 42.4. The van der Waals surface area contributed by atoms with Gasteiger partial charge in [-0.15, -0.1) is 0 Å². The number of ether oxygens (including phenoxy) is 1. The zero-order valence-electron chi connectivity index (χ0n) is 11.1. The van der Waals surface area contributed by atoms with Crippen molar-refractivity contribution in [1.82, 2.24) is 19.7 Å². The number of nitrogens with zero attached hydrogens (tertiary/aromatic N) is 3. The molecule has 0 radical (unpaired) electrons. The molecule has 9 heteroatoms. The van der Waals surface area contributed by atoms with Crippen molar-refractivity contribution in [3.8, 4) is 11.3 Å². The molecule has 2 rings (SSSR count). The van der Waals surface area contributed by atoms with E-state index in [1.807, 2.05) is 0 Å². The van der Waals surface area contributed by atoms with Crippen LogP contribution >= 0.6 is 12.2 Å². The summed E-state index contributed by atoms with van der Waals surface area (Å²) in [4.78, 5) is 7.09. The number of alkyl halides is 3. The molecule has 5 nitrogen and oxygen atoms in total. The maximum Gasteiger partial charge on any atom is 0.411 e. The van der Waals surface area contributed by atoms with Crippen LogP contribution in [0.25, 0.3) is 11.3 Å². The Bertz CT molecular complexity index is 665. The van der Waals surface area contributed by atoms with E-state index in [0.29, 0.717) is 16.2 Å². The fraction of sp³-hybridized carbons (Fsp3) is 0.417. The SMILES string of the molecule is Cn1cc(-c2cc(=S)nc(CCOCC(F)(F)F)[nH]2)cn1. The van der Waals surface area contributed by atoms with Gasteiger partial charge in [0, 0.05) is 25.2 Å². The monoisotopic (exact) mass is 318 g/mol. The number of halogens is 3. The van der Waals surface area contributed by atoms with E-state index in [9.17, 15) is 13.2 Å². The topological polar surface area (TPSA) is 55.7 Å². The molecule has 0 aliphatic carbocycles. The van der Waals surface area contributed by atoms with Gasteiger partial charge in [-0.1, -0.05) is 12.2 Å². The molecule has 0 unspecified atom stereocenters. The van der Waals surface area contributed by atoms with Crippen molar-refractivity contribution in [3.05, 3.63) is 28.9 Å². The first kappa shape index (κ1) is 15.6. The third-order valence-corrected chi connectivity index (χ3v) is 2.77. The number of aryl methyl sites for hydroxylation is 1. The van der Waals surface area contributed by atoms with Gasteiger partial charge in [-0.25, -0.2) is 4.98 Å². The van der Waals surface area contributed by atoms with E-state index in [1.54, 1.807) is 30.2 Å². The van der Waals surface area contributed by atoms with E-state index in [2.05, 4.69) is 19.8 Å². The fourth-order valence-corrected chi connectivity index (χ4v) is 1.93. The van der Waals surface area contributed by atoms with Crippen LogP contribution in [-0.2, 0) is 18.2 Å². The molecule has 21 heavy (non-hydrogen) atoms. The number of hydrogen-bond donors (Lipinski definition) is 1. The van der Waals surface area contributed by atoms with E-state index in [0.717, 1.165) is 5.56 Å². The van der Waals surface area contributed by atoms with E-state index >= 15 is 0 Å². The lowest BCUT2D eigenvalue weighted by atomic mass is 10.2. The van der Waals surface area contributed by atoms with Crippen LogP contribution in [0.4, 0.5) is 13.2 Å². The van der Waals surface area contributed by atoms with Gasteiger partial charge in [0.1, 0.15) is 17.1 Å². The summed E-state index contributed by atoms with van der Waals surface area (Å²) in [6.07, 6.45) is -0.652. The molecule has 0 spiro atoms. The molecule has 2 heterocycles. The Hall–Kier alpha value is -1.74. The zero-order chi connectivity index (χ0) is 15.5. The molecule has 2 aromatic heterocycles. The van der Waals surface area contributed by atoms with Gasteiger partial charge in [0.15, 0.2) is 0 Å². The summed E-state index contributed by atoms with van der Waals surface area (Å²) in [5.41, 5.74) is 1.54. The summed E-state index contributed by atoms with van der Waals surface area (Å²) >= 11 is 5.05. The normalized spacial score (nSPS) is 11.8. The highest BCUT2D eigenvalue weighted by Gasteiger charge is 2.27. The highest BCUT2D eigenvalue weighted by atomic mass is 32.1. The second-order valence-electron chi connectivity index (χ2n) is 4.40. The standard InChI is InChI=1S/C12H13F3N4OS/c1-19-6-8(5-16-19)9-4-11(21)18-10(17-9)2-3-20-7-12(13,14)15/h4-6H,2-3,7H2,1H3,(H,17,18,21). The molecule has 2 aromatic rings. The molecule has 0 bridgehead atoms. The second-order valence-corrected chi connectivity index (χ2v) is 4.82. The van der Waals surface area contributed by atoms with Crippen LogP contribution in [0.5, 0.6) is 0 Å². The first-order chi connectivity index (χ1) is 9.83. The fourth-order valence-electron chi connectivity index (χ4n) is 1.70. The molecule has 0 saturated carbocycles. The number of H-pyrrole nitrogens is 1. The highest BCUT2D eigenvalue weighted by Crippen LogP contribution is 2.16. The molecule has 0 atom stereocenters. The van der Waals surface area contributed by atoms with E-state index in [4.69, 9.17) is 12.2 Å². The van der Waals surface area contributed by atoms with Crippen molar-refractivity contribution < 1.29 is 17.9 Å². The number of hydrogen-bond acceptors (Lipinski definition) is 4. The summed E-state index contributed by atoms with van der Waals surface area (Å²) in [5.74, 6) is 0.475. The van der Waals surface area contributed by atoms with Crippen LogP contribution in [-0.4, -0.2) is 39.1 Å². The van der Waals surface area contributed by atoms with Crippen molar-refractivity contribution in [2.24, 2.45) is 7.05 Å².